The van der Waals surface area contributed by atoms with E-state index in [1.807, 2.05) is 29.7 Å². The standard InChI is InChI=1S/C33H39N7O4/c1-20(2)16-44-24-10-12-35-25(15-24)38-29(41)23-7-5-22(6-8-23)26-27-28(34)36-13-14-40(27)31(39-26)33(11-9-21(3)37-17-33)30(42)32(4)18-43-19-32/h5-8,10,12-15,20-21,37H,9,11,16-19H2,1-4H3,(H2,34,36)(H,35,38,41)/t21-,33-/m0/s1. The molecule has 0 unspecified atom stereocenters. The molecule has 0 aliphatic carbocycles. The SMILES string of the molecule is CC(C)COc1ccnc(NC(=O)c2ccc(-c3nc([C@@]4(C(=O)C5(C)COC5)CC[C@H](C)NC4)n4ccnc(N)c34)cc2)c1. The van der Waals surface area contributed by atoms with Crippen molar-refractivity contribution >= 4 is 28.8 Å². The van der Waals surface area contributed by atoms with Crippen LogP contribution in [0, 0.1) is 11.3 Å². The van der Waals surface area contributed by atoms with E-state index < -0.39 is 10.8 Å². The van der Waals surface area contributed by atoms with Crippen molar-refractivity contribution in [2.75, 3.05) is 37.4 Å². The Morgan fingerprint density at radius 1 is 1.18 bits per heavy atom. The number of carbonyl (C=O) groups excluding carboxylic acids is 2. The zero-order valence-corrected chi connectivity index (χ0v) is 25.6. The predicted molar refractivity (Wildman–Crippen MR) is 168 cm³/mol. The van der Waals surface area contributed by atoms with Gasteiger partial charge in [0.05, 0.1) is 25.2 Å². The maximum absolute atomic E-state index is 14.3. The molecule has 4 N–H and O–H groups in total. The molecule has 2 aliphatic rings. The molecule has 2 saturated heterocycles. The summed E-state index contributed by atoms with van der Waals surface area (Å²) in [6, 6.07) is 10.9. The van der Waals surface area contributed by atoms with Gasteiger partial charge in [0.2, 0.25) is 0 Å². The first kappa shape index (κ1) is 29.7. The van der Waals surface area contributed by atoms with Gasteiger partial charge < -0.3 is 25.8 Å². The van der Waals surface area contributed by atoms with Crippen LogP contribution in [0.3, 0.4) is 0 Å². The molecule has 0 spiro atoms. The monoisotopic (exact) mass is 597 g/mol. The van der Waals surface area contributed by atoms with Crippen molar-refractivity contribution in [3.8, 4) is 17.0 Å². The van der Waals surface area contributed by atoms with Crippen molar-refractivity contribution in [2.45, 2.75) is 52.0 Å². The van der Waals surface area contributed by atoms with Crippen LogP contribution in [-0.4, -0.2) is 63.5 Å². The van der Waals surface area contributed by atoms with Crippen LogP contribution in [0.2, 0.25) is 0 Å². The van der Waals surface area contributed by atoms with E-state index in [1.54, 1.807) is 36.7 Å². The average molecular weight is 598 g/mol. The second-order valence-corrected chi connectivity index (χ2v) is 12.7. The second-order valence-electron chi connectivity index (χ2n) is 12.7. The van der Waals surface area contributed by atoms with E-state index in [9.17, 15) is 9.59 Å². The summed E-state index contributed by atoms with van der Waals surface area (Å²) in [6.45, 7) is 10.1. The number of hydrogen-bond acceptors (Lipinski definition) is 9. The molecule has 11 heteroatoms. The maximum Gasteiger partial charge on any atom is 0.256 e. The number of pyridine rings is 1. The smallest absolute Gasteiger partial charge is 0.256 e. The molecule has 2 atom stereocenters. The molecular weight excluding hydrogens is 558 g/mol. The fourth-order valence-electron chi connectivity index (χ4n) is 6.01. The molecule has 6 rings (SSSR count). The van der Waals surface area contributed by atoms with Crippen LogP contribution in [0.1, 0.15) is 56.7 Å². The van der Waals surface area contributed by atoms with Gasteiger partial charge in [-0.25, -0.2) is 15.0 Å². The Kier molecular flexibility index (Phi) is 7.85. The van der Waals surface area contributed by atoms with Crippen LogP contribution >= 0.6 is 0 Å². The number of carbonyl (C=O) groups is 2. The third-order valence-electron chi connectivity index (χ3n) is 8.57. The topological polar surface area (TPSA) is 146 Å². The van der Waals surface area contributed by atoms with Gasteiger partial charge in [-0.2, -0.15) is 0 Å². The molecule has 44 heavy (non-hydrogen) atoms. The molecule has 2 fully saturated rings. The van der Waals surface area contributed by atoms with Gasteiger partial charge in [0.25, 0.3) is 5.91 Å². The minimum absolute atomic E-state index is 0.129. The first-order chi connectivity index (χ1) is 21.1. The highest BCUT2D eigenvalue weighted by molar-refractivity contribution is 6.04. The van der Waals surface area contributed by atoms with E-state index in [4.69, 9.17) is 20.2 Å². The Hall–Kier alpha value is -4.35. The number of benzene rings is 1. The number of fused-ring (bicyclic) bond motifs is 1. The van der Waals surface area contributed by atoms with Crippen molar-refractivity contribution in [1.29, 1.82) is 0 Å². The van der Waals surface area contributed by atoms with Gasteiger partial charge in [0.1, 0.15) is 39.8 Å². The quantitative estimate of drug-likeness (QED) is 0.257. The number of nitrogen functional groups attached to an aromatic ring is 1. The maximum atomic E-state index is 14.3. The number of ether oxygens (including phenoxy) is 2. The summed E-state index contributed by atoms with van der Waals surface area (Å²) in [5.41, 5.74) is 7.45. The summed E-state index contributed by atoms with van der Waals surface area (Å²) in [5.74, 6) is 2.20. The normalized spacial score (nSPS) is 21.2. The third kappa shape index (κ3) is 5.41. The van der Waals surface area contributed by atoms with Crippen LogP contribution in [0.25, 0.3) is 16.8 Å². The summed E-state index contributed by atoms with van der Waals surface area (Å²) in [5, 5.41) is 6.38. The number of nitrogens with two attached hydrogens (primary N) is 1. The van der Waals surface area contributed by atoms with E-state index in [-0.39, 0.29) is 11.7 Å². The molecule has 5 heterocycles. The van der Waals surface area contributed by atoms with Crippen LogP contribution in [-0.2, 0) is 14.9 Å². The number of ketones is 1. The number of hydrogen-bond donors (Lipinski definition) is 3. The third-order valence-corrected chi connectivity index (χ3v) is 8.57. The number of aromatic nitrogens is 4. The lowest BCUT2D eigenvalue weighted by molar-refractivity contribution is -0.162. The molecule has 1 aromatic carbocycles. The van der Waals surface area contributed by atoms with E-state index in [0.717, 1.165) is 12.0 Å². The zero-order valence-electron chi connectivity index (χ0n) is 25.6. The number of nitrogens with one attached hydrogen (secondary N) is 2. The Balaban J connectivity index is 1.32. The summed E-state index contributed by atoms with van der Waals surface area (Å²) < 4.78 is 13.2. The highest BCUT2D eigenvalue weighted by atomic mass is 16.5. The fraction of sp³-hybridized carbons (Fsp3) is 0.424. The van der Waals surface area contributed by atoms with Gasteiger partial charge in [-0.3, -0.25) is 14.0 Å². The van der Waals surface area contributed by atoms with Gasteiger partial charge >= 0.3 is 0 Å². The molecular formula is C33H39N7O4. The summed E-state index contributed by atoms with van der Waals surface area (Å²) in [6.07, 6.45) is 6.55. The Morgan fingerprint density at radius 2 is 1.95 bits per heavy atom. The van der Waals surface area contributed by atoms with Crippen molar-refractivity contribution in [3.05, 3.63) is 66.4 Å². The second kappa shape index (κ2) is 11.6. The first-order valence-electron chi connectivity index (χ1n) is 15.1. The zero-order chi connectivity index (χ0) is 31.1. The van der Waals surface area contributed by atoms with E-state index >= 15 is 0 Å². The van der Waals surface area contributed by atoms with Gasteiger partial charge in [-0.1, -0.05) is 26.0 Å². The van der Waals surface area contributed by atoms with E-state index in [2.05, 4.69) is 41.4 Å². The van der Waals surface area contributed by atoms with Crippen molar-refractivity contribution in [3.63, 3.8) is 0 Å². The summed E-state index contributed by atoms with van der Waals surface area (Å²) in [7, 11) is 0. The molecule has 3 aromatic heterocycles. The molecule has 4 aromatic rings. The summed E-state index contributed by atoms with van der Waals surface area (Å²) >= 11 is 0. The number of amides is 1. The lowest BCUT2D eigenvalue weighted by atomic mass is 9.65. The molecule has 1 amide bonds. The molecule has 0 radical (unpaired) electrons. The number of Topliss-reactive ketones (excluding diaryl/α,β-unsaturated/α-hetero) is 1. The lowest BCUT2D eigenvalue weighted by Gasteiger charge is -2.46. The molecule has 11 nitrogen and oxygen atoms in total. The number of nitrogens with zero attached hydrogens (tertiary/aromatic N) is 4. The van der Waals surface area contributed by atoms with Gasteiger partial charge in [0.15, 0.2) is 5.78 Å². The Labute approximate surface area is 256 Å². The lowest BCUT2D eigenvalue weighted by Crippen LogP contribution is -2.61. The van der Waals surface area contributed by atoms with Gasteiger partial charge in [0, 0.05) is 48.4 Å². The minimum atomic E-state index is -0.861. The highest BCUT2D eigenvalue weighted by Crippen LogP contribution is 2.44. The van der Waals surface area contributed by atoms with Crippen molar-refractivity contribution < 1.29 is 19.1 Å². The average Bonchev–Trinajstić information content (AvgIpc) is 3.41. The molecule has 0 bridgehead atoms. The molecule has 2 aliphatic heterocycles. The van der Waals surface area contributed by atoms with Crippen LogP contribution in [0.5, 0.6) is 5.75 Å². The van der Waals surface area contributed by atoms with E-state index in [1.165, 1.54) is 0 Å². The predicted octanol–water partition coefficient (Wildman–Crippen LogP) is 4.28. The molecule has 0 saturated carbocycles. The number of piperidine rings is 1. The first-order valence-corrected chi connectivity index (χ1v) is 15.1. The van der Waals surface area contributed by atoms with Gasteiger partial charge in [-0.05, 0) is 50.8 Å². The van der Waals surface area contributed by atoms with Crippen LogP contribution < -0.4 is 21.1 Å². The van der Waals surface area contributed by atoms with Crippen molar-refractivity contribution in [1.82, 2.24) is 24.7 Å². The molecule has 230 valence electrons. The largest absolute Gasteiger partial charge is 0.493 e. The minimum Gasteiger partial charge on any atom is -0.493 e. The Bertz CT molecular complexity index is 1690. The van der Waals surface area contributed by atoms with E-state index in [0.29, 0.717) is 84.7 Å². The number of rotatable bonds is 9. The van der Waals surface area contributed by atoms with Crippen LogP contribution in [0.4, 0.5) is 11.6 Å². The Morgan fingerprint density at radius 3 is 2.61 bits per heavy atom. The number of anilines is 2. The highest BCUT2D eigenvalue weighted by Gasteiger charge is 2.55. The number of imidazole rings is 1. The summed E-state index contributed by atoms with van der Waals surface area (Å²) in [4.78, 5) is 41.1. The van der Waals surface area contributed by atoms with Crippen molar-refractivity contribution in [2.24, 2.45) is 11.3 Å². The van der Waals surface area contributed by atoms with Crippen LogP contribution in [0.15, 0.2) is 55.0 Å². The van der Waals surface area contributed by atoms with Gasteiger partial charge in [-0.15, -0.1) is 0 Å². The fourth-order valence-corrected chi connectivity index (χ4v) is 6.01.